The largest absolute Gasteiger partial charge is 0.366 e. The Morgan fingerprint density at radius 1 is 1.04 bits per heavy atom. The molecule has 4 rings (SSSR count). The Hall–Kier alpha value is -3.14. The van der Waals surface area contributed by atoms with E-state index in [0.717, 1.165) is 41.2 Å². The van der Waals surface area contributed by atoms with Crippen molar-refractivity contribution in [2.75, 3.05) is 0 Å². The quantitative estimate of drug-likeness (QED) is 0.587. The summed E-state index contributed by atoms with van der Waals surface area (Å²) in [6.45, 7) is 2.90. The van der Waals surface area contributed by atoms with Crippen LogP contribution in [0.2, 0.25) is 0 Å². The number of aromatic nitrogens is 2. The van der Waals surface area contributed by atoms with Gasteiger partial charge in [0.2, 0.25) is 5.91 Å². The molecule has 2 aromatic carbocycles. The van der Waals surface area contributed by atoms with Crippen LogP contribution in [-0.2, 0) is 13.0 Å². The molecule has 0 aliphatic heterocycles. The highest BCUT2D eigenvalue weighted by Gasteiger charge is 2.16. The van der Waals surface area contributed by atoms with Gasteiger partial charge in [0.05, 0.1) is 5.52 Å². The van der Waals surface area contributed by atoms with Crippen LogP contribution in [0.3, 0.4) is 0 Å². The first kappa shape index (κ1) is 16.3. The molecule has 0 spiro atoms. The third-order valence-electron chi connectivity index (χ3n) is 4.85. The molecule has 0 fully saturated rings. The molecule has 0 radical (unpaired) electrons. The van der Waals surface area contributed by atoms with Crippen molar-refractivity contribution in [3.63, 3.8) is 0 Å². The maximum absolute atomic E-state index is 12.0. The van der Waals surface area contributed by atoms with Crippen LogP contribution in [0.15, 0.2) is 60.9 Å². The van der Waals surface area contributed by atoms with E-state index >= 15 is 0 Å². The predicted molar refractivity (Wildman–Crippen MR) is 105 cm³/mol. The van der Waals surface area contributed by atoms with Gasteiger partial charge >= 0.3 is 0 Å². The van der Waals surface area contributed by atoms with E-state index < -0.39 is 5.91 Å². The van der Waals surface area contributed by atoms with E-state index in [4.69, 9.17) is 5.73 Å². The second-order valence-electron chi connectivity index (χ2n) is 6.61. The van der Waals surface area contributed by atoms with E-state index in [2.05, 4.69) is 40.7 Å². The van der Waals surface area contributed by atoms with Gasteiger partial charge in [0.1, 0.15) is 0 Å². The molecule has 4 heteroatoms. The molecule has 2 N–H and O–H groups in total. The molecule has 0 saturated heterocycles. The Kier molecular flexibility index (Phi) is 4.17. The summed E-state index contributed by atoms with van der Waals surface area (Å²) in [5.74, 6) is -0.392. The highest BCUT2D eigenvalue weighted by molar-refractivity contribution is 6.17. The van der Waals surface area contributed by atoms with Crippen molar-refractivity contribution >= 4 is 27.7 Å². The van der Waals surface area contributed by atoms with Crippen molar-refractivity contribution < 1.29 is 4.79 Å². The van der Waals surface area contributed by atoms with Crippen LogP contribution in [0.5, 0.6) is 0 Å². The molecule has 4 aromatic rings. The zero-order valence-electron chi connectivity index (χ0n) is 14.8. The zero-order valence-corrected chi connectivity index (χ0v) is 14.8. The van der Waals surface area contributed by atoms with E-state index in [1.807, 2.05) is 18.2 Å². The van der Waals surface area contributed by atoms with Crippen LogP contribution in [0, 0.1) is 0 Å². The third kappa shape index (κ3) is 2.73. The SMILES string of the molecule is CCCc1ccc2c3c(C(N)=O)cccc3n(Cc3ccncc3)c2c1. The van der Waals surface area contributed by atoms with E-state index in [1.54, 1.807) is 18.5 Å². The second kappa shape index (κ2) is 6.64. The van der Waals surface area contributed by atoms with Gasteiger partial charge in [0.25, 0.3) is 0 Å². The molecule has 0 atom stereocenters. The Balaban J connectivity index is 2.03. The lowest BCUT2D eigenvalue weighted by molar-refractivity contribution is 0.100. The van der Waals surface area contributed by atoms with Gasteiger partial charge in [-0.2, -0.15) is 0 Å². The Morgan fingerprint density at radius 3 is 2.58 bits per heavy atom. The molecule has 0 bridgehead atoms. The summed E-state index contributed by atoms with van der Waals surface area (Å²) in [4.78, 5) is 16.1. The van der Waals surface area contributed by atoms with Gasteiger partial charge in [-0.05, 0) is 47.9 Å². The number of amides is 1. The number of nitrogens with two attached hydrogens (primary N) is 1. The molecule has 1 amide bonds. The molecule has 2 aromatic heterocycles. The number of benzene rings is 2. The van der Waals surface area contributed by atoms with Crippen LogP contribution in [0.4, 0.5) is 0 Å². The average Bonchev–Trinajstić information content (AvgIpc) is 2.96. The molecule has 0 aliphatic carbocycles. The van der Waals surface area contributed by atoms with Crippen LogP contribution in [0.25, 0.3) is 21.8 Å². The topological polar surface area (TPSA) is 60.9 Å². The first-order valence-corrected chi connectivity index (χ1v) is 8.91. The molecule has 4 nitrogen and oxygen atoms in total. The second-order valence-corrected chi connectivity index (χ2v) is 6.61. The fourth-order valence-corrected chi connectivity index (χ4v) is 3.68. The maximum Gasteiger partial charge on any atom is 0.249 e. The summed E-state index contributed by atoms with van der Waals surface area (Å²) < 4.78 is 2.27. The van der Waals surface area contributed by atoms with Crippen LogP contribution < -0.4 is 5.73 Å². The molecule has 2 heterocycles. The lowest BCUT2D eigenvalue weighted by Crippen LogP contribution is -2.11. The molecule has 130 valence electrons. The number of pyridine rings is 1. The van der Waals surface area contributed by atoms with E-state index in [9.17, 15) is 4.79 Å². The van der Waals surface area contributed by atoms with Gasteiger partial charge in [-0.1, -0.05) is 31.5 Å². The zero-order chi connectivity index (χ0) is 18.1. The van der Waals surface area contributed by atoms with Crippen molar-refractivity contribution in [2.45, 2.75) is 26.3 Å². The Bertz CT molecular complexity index is 1100. The summed E-state index contributed by atoms with van der Waals surface area (Å²) in [5.41, 5.74) is 10.9. The van der Waals surface area contributed by atoms with Crippen molar-refractivity contribution in [1.29, 1.82) is 0 Å². The summed E-state index contributed by atoms with van der Waals surface area (Å²) in [7, 11) is 0. The summed E-state index contributed by atoms with van der Waals surface area (Å²) in [5, 5.41) is 2.01. The number of hydrogen-bond acceptors (Lipinski definition) is 2. The third-order valence-corrected chi connectivity index (χ3v) is 4.85. The molecular formula is C22H21N3O. The number of primary amides is 1. The van der Waals surface area contributed by atoms with Crippen molar-refractivity contribution in [2.24, 2.45) is 5.73 Å². The predicted octanol–water partition coefficient (Wildman–Crippen LogP) is 4.29. The van der Waals surface area contributed by atoms with Crippen LogP contribution in [0.1, 0.15) is 34.8 Å². The average molecular weight is 343 g/mol. The number of nitrogens with zero attached hydrogens (tertiary/aromatic N) is 2. The first-order chi connectivity index (χ1) is 12.7. The minimum Gasteiger partial charge on any atom is -0.366 e. The van der Waals surface area contributed by atoms with Gasteiger partial charge in [0.15, 0.2) is 0 Å². The van der Waals surface area contributed by atoms with Gasteiger partial charge in [-0.15, -0.1) is 0 Å². The monoisotopic (exact) mass is 343 g/mol. The highest BCUT2D eigenvalue weighted by atomic mass is 16.1. The Labute approximate surface area is 152 Å². The van der Waals surface area contributed by atoms with E-state index in [-0.39, 0.29) is 0 Å². The molecule has 0 aliphatic rings. The van der Waals surface area contributed by atoms with Crippen molar-refractivity contribution in [3.8, 4) is 0 Å². The molecule has 26 heavy (non-hydrogen) atoms. The fourth-order valence-electron chi connectivity index (χ4n) is 3.68. The van der Waals surface area contributed by atoms with Gasteiger partial charge in [-0.25, -0.2) is 0 Å². The molecule has 0 saturated carbocycles. The van der Waals surface area contributed by atoms with Crippen molar-refractivity contribution in [3.05, 3.63) is 77.6 Å². The molecular weight excluding hydrogens is 322 g/mol. The number of rotatable bonds is 5. The number of aryl methyl sites for hydroxylation is 1. The fraction of sp³-hybridized carbons (Fsp3) is 0.182. The minimum absolute atomic E-state index is 0.392. The highest BCUT2D eigenvalue weighted by Crippen LogP contribution is 2.33. The smallest absolute Gasteiger partial charge is 0.249 e. The minimum atomic E-state index is -0.392. The van der Waals surface area contributed by atoms with Gasteiger partial charge in [-0.3, -0.25) is 9.78 Å². The normalized spacial score (nSPS) is 11.3. The first-order valence-electron chi connectivity index (χ1n) is 8.91. The number of hydrogen-bond donors (Lipinski definition) is 1. The standard InChI is InChI=1S/C22H21N3O/c1-2-4-15-7-8-17-20(13-15)25(14-16-9-11-24-12-10-16)19-6-3-5-18(21(17)19)22(23)26/h3,5-13H,2,4,14H2,1H3,(H2,23,26). The Morgan fingerprint density at radius 2 is 1.85 bits per heavy atom. The van der Waals surface area contributed by atoms with Crippen molar-refractivity contribution in [1.82, 2.24) is 9.55 Å². The van der Waals surface area contributed by atoms with Crippen LogP contribution in [-0.4, -0.2) is 15.5 Å². The summed E-state index contributed by atoms with van der Waals surface area (Å²) in [6.07, 6.45) is 5.75. The summed E-state index contributed by atoms with van der Waals surface area (Å²) >= 11 is 0. The van der Waals surface area contributed by atoms with Gasteiger partial charge < -0.3 is 10.3 Å². The summed E-state index contributed by atoms with van der Waals surface area (Å²) in [6, 6.07) is 16.3. The van der Waals surface area contributed by atoms with E-state index in [0.29, 0.717) is 5.56 Å². The van der Waals surface area contributed by atoms with E-state index in [1.165, 1.54) is 11.1 Å². The lowest BCUT2D eigenvalue weighted by Gasteiger charge is -2.09. The number of carbonyl (C=O) groups is 1. The van der Waals surface area contributed by atoms with Crippen LogP contribution >= 0.6 is 0 Å². The lowest BCUT2D eigenvalue weighted by atomic mass is 10.0. The number of carbonyl (C=O) groups excluding carboxylic acids is 1. The maximum atomic E-state index is 12.0. The number of fused-ring (bicyclic) bond motifs is 3. The molecule has 0 unspecified atom stereocenters. The van der Waals surface area contributed by atoms with Gasteiger partial charge in [0, 0.05) is 40.8 Å².